The Morgan fingerprint density at radius 2 is 2.00 bits per heavy atom. The quantitative estimate of drug-likeness (QED) is 0.878. The highest BCUT2D eigenvalue weighted by Crippen LogP contribution is 2.34. The van der Waals surface area contributed by atoms with Crippen molar-refractivity contribution in [3.05, 3.63) is 55.4 Å². The summed E-state index contributed by atoms with van der Waals surface area (Å²) in [5.74, 6) is -0.206. The molecule has 0 bridgehead atoms. The van der Waals surface area contributed by atoms with Gasteiger partial charge in [-0.1, -0.05) is 12.1 Å². The number of halogens is 2. The second-order valence-corrected chi connectivity index (χ2v) is 6.20. The minimum atomic E-state index is -0.279. The lowest BCUT2D eigenvalue weighted by atomic mass is 10.0. The Morgan fingerprint density at radius 1 is 1.29 bits per heavy atom. The monoisotopic (exact) mass is 313 g/mol. The third-order valence-electron chi connectivity index (χ3n) is 2.67. The second kappa shape index (κ2) is 4.88. The Kier molecular flexibility index (Phi) is 3.66. The zero-order valence-electron chi connectivity index (χ0n) is 9.63. The lowest BCUT2D eigenvalue weighted by Crippen LogP contribution is -2.11. The van der Waals surface area contributed by atoms with Crippen LogP contribution in [-0.4, -0.2) is 0 Å². The number of hydrogen-bond acceptors (Lipinski definition) is 2. The number of hydrogen-bond donors (Lipinski definition) is 1. The van der Waals surface area contributed by atoms with Crippen LogP contribution in [0.5, 0.6) is 0 Å². The van der Waals surface area contributed by atoms with E-state index in [4.69, 9.17) is 5.73 Å². The van der Waals surface area contributed by atoms with Crippen molar-refractivity contribution in [2.24, 2.45) is 5.73 Å². The number of rotatable bonds is 2. The Morgan fingerprint density at radius 3 is 2.53 bits per heavy atom. The van der Waals surface area contributed by atoms with Crippen molar-refractivity contribution in [3.63, 3.8) is 0 Å². The molecule has 1 atom stereocenters. The van der Waals surface area contributed by atoms with Gasteiger partial charge in [0.2, 0.25) is 0 Å². The number of benzene rings is 1. The Hall–Kier alpha value is -0.710. The van der Waals surface area contributed by atoms with E-state index < -0.39 is 0 Å². The molecule has 2 aromatic rings. The first-order valence-corrected chi connectivity index (χ1v) is 6.87. The first-order chi connectivity index (χ1) is 7.99. The molecule has 0 radical (unpaired) electrons. The summed E-state index contributed by atoms with van der Waals surface area (Å²) >= 11 is 5.12. The molecule has 0 aliphatic heterocycles. The Bertz CT molecular complexity index is 550. The van der Waals surface area contributed by atoms with Crippen LogP contribution in [0.25, 0.3) is 0 Å². The fourth-order valence-corrected chi connectivity index (χ4v) is 3.59. The molecule has 1 unspecified atom stereocenters. The maximum absolute atomic E-state index is 13.5. The highest BCUT2D eigenvalue weighted by atomic mass is 79.9. The smallest absolute Gasteiger partial charge is 0.126 e. The molecular weight excluding hydrogens is 301 g/mol. The summed E-state index contributed by atoms with van der Waals surface area (Å²) in [4.78, 5) is 2.22. The Balaban J connectivity index is 2.40. The minimum absolute atomic E-state index is 0.206. The third-order valence-corrected chi connectivity index (χ3v) is 4.73. The van der Waals surface area contributed by atoms with Crippen molar-refractivity contribution in [2.45, 2.75) is 19.9 Å². The van der Waals surface area contributed by atoms with Gasteiger partial charge in [0, 0.05) is 14.2 Å². The van der Waals surface area contributed by atoms with Crippen LogP contribution in [0.4, 0.5) is 4.39 Å². The first-order valence-electron chi connectivity index (χ1n) is 5.26. The van der Waals surface area contributed by atoms with Crippen LogP contribution in [0.15, 0.2) is 28.7 Å². The molecule has 90 valence electrons. The highest BCUT2D eigenvalue weighted by Gasteiger charge is 2.16. The van der Waals surface area contributed by atoms with Gasteiger partial charge in [0.15, 0.2) is 0 Å². The van der Waals surface area contributed by atoms with Crippen LogP contribution in [0.1, 0.15) is 26.9 Å². The molecule has 0 aliphatic carbocycles. The van der Waals surface area contributed by atoms with E-state index in [1.165, 1.54) is 10.9 Å². The van der Waals surface area contributed by atoms with Gasteiger partial charge in [-0.25, -0.2) is 4.39 Å². The molecule has 0 fully saturated rings. The first kappa shape index (κ1) is 12.7. The lowest BCUT2D eigenvalue weighted by Gasteiger charge is -2.11. The standard InChI is InChI=1S/C13H13BrFNS/c1-7-3-4-9(6-11(7)15)12(16)13-10(14)5-8(2)17-13/h3-6,12H,16H2,1-2H3. The lowest BCUT2D eigenvalue weighted by molar-refractivity contribution is 0.614. The van der Waals surface area contributed by atoms with Crippen molar-refractivity contribution in [1.82, 2.24) is 0 Å². The van der Waals surface area contributed by atoms with E-state index >= 15 is 0 Å². The summed E-state index contributed by atoms with van der Waals surface area (Å²) in [6.07, 6.45) is 0. The van der Waals surface area contributed by atoms with Crippen LogP contribution in [-0.2, 0) is 0 Å². The average molecular weight is 314 g/mol. The molecule has 1 nitrogen and oxygen atoms in total. The number of thiophene rings is 1. The topological polar surface area (TPSA) is 26.0 Å². The van der Waals surface area contributed by atoms with Crippen LogP contribution in [0.3, 0.4) is 0 Å². The van der Waals surface area contributed by atoms with Crippen molar-refractivity contribution >= 4 is 27.3 Å². The summed E-state index contributed by atoms with van der Waals surface area (Å²) in [6.45, 7) is 3.78. The second-order valence-electron chi connectivity index (χ2n) is 4.06. The minimum Gasteiger partial charge on any atom is -0.320 e. The van der Waals surface area contributed by atoms with E-state index in [0.29, 0.717) is 5.56 Å². The van der Waals surface area contributed by atoms with Crippen LogP contribution >= 0.6 is 27.3 Å². The van der Waals surface area contributed by atoms with Crippen molar-refractivity contribution < 1.29 is 4.39 Å². The predicted molar refractivity (Wildman–Crippen MR) is 73.9 cm³/mol. The number of aryl methyl sites for hydroxylation is 2. The molecule has 1 aromatic heterocycles. The summed E-state index contributed by atoms with van der Waals surface area (Å²) < 4.78 is 14.5. The van der Waals surface area contributed by atoms with Crippen LogP contribution < -0.4 is 5.73 Å². The van der Waals surface area contributed by atoms with Crippen LogP contribution in [0.2, 0.25) is 0 Å². The van der Waals surface area contributed by atoms with Gasteiger partial charge in [-0.2, -0.15) is 0 Å². The highest BCUT2D eigenvalue weighted by molar-refractivity contribution is 9.10. The SMILES string of the molecule is Cc1cc(Br)c(C(N)c2ccc(C)c(F)c2)s1. The molecule has 0 saturated heterocycles. The molecule has 0 amide bonds. The summed E-state index contributed by atoms with van der Waals surface area (Å²) in [5.41, 5.74) is 7.61. The fourth-order valence-electron chi connectivity index (χ4n) is 1.67. The molecule has 0 aliphatic rings. The molecule has 0 spiro atoms. The summed E-state index contributed by atoms with van der Waals surface area (Å²) in [5, 5.41) is 0. The van der Waals surface area contributed by atoms with Gasteiger partial charge >= 0.3 is 0 Å². The average Bonchev–Trinajstić information content (AvgIpc) is 2.61. The molecular formula is C13H13BrFNS. The van der Waals surface area contributed by atoms with Gasteiger partial charge < -0.3 is 5.73 Å². The van der Waals surface area contributed by atoms with Gasteiger partial charge in [-0.3, -0.25) is 0 Å². The van der Waals surface area contributed by atoms with Gasteiger partial charge in [0.05, 0.1) is 6.04 Å². The maximum Gasteiger partial charge on any atom is 0.126 e. The predicted octanol–water partition coefficient (Wildman–Crippen LogP) is 4.31. The van der Waals surface area contributed by atoms with Crippen molar-refractivity contribution in [1.29, 1.82) is 0 Å². The molecule has 2 N–H and O–H groups in total. The van der Waals surface area contributed by atoms with E-state index in [1.54, 1.807) is 24.3 Å². The van der Waals surface area contributed by atoms with Gasteiger partial charge in [-0.15, -0.1) is 11.3 Å². The summed E-state index contributed by atoms with van der Waals surface area (Å²) in [7, 11) is 0. The normalized spacial score (nSPS) is 12.8. The largest absolute Gasteiger partial charge is 0.320 e. The number of nitrogens with two attached hydrogens (primary N) is 1. The van der Waals surface area contributed by atoms with E-state index in [9.17, 15) is 4.39 Å². The van der Waals surface area contributed by atoms with E-state index in [1.807, 2.05) is 19.1 Å². The molecule has 4 heteroatoms. The van der Waals surface area contributed by atoms with Gasteiger partial charge in [0.25, 0.3) is 0 Å². The zero-order valence-corrected chi connectivity index (χ0v) is 12.0. The van der Waals surface area contributed by atoms with Gasteiger partial charge in [0.1, 0.15) is 5.82 Å². The molecule has 1 heterocycles. The van der Waals surface area contributed by atoms with Gasteiger partial charge in [-0.05, 0) is 53.0 Å². The fraction of sp³-hybridized carbons (Fsp3) is 0.231. The van der Waals surface area contributed by atoms with Crippen molar-refractivity contribution in [3.8, 4) is 0 Å². The van der Waals surface area contributed by atoms with Crippen LogP contribution in [0, 0.1) is 19.7 Å². The summed E-state index contributed by atoms with van der Waals surface area (Å²) in [6, 6.07) is 6.91. The third kappa shape index (κ3) is 2.59. The molecule has 0 saturated carbocycles. The molecule has 1 aromatic carbocycles. The maximum atomic E-state index is 13.5. The van der Waals surface area contributed by atoms with E-state index in [0.717, 1.165) is 14.9 Å². The molecule has 2 rings (SSSR count). The van der Waals surface area contributed by atoms with E-state index in [2.05, 4.69) is 15.9 Å². The Labute approximate surface area is 113 Å². The zero-order chi connectivity index (χ0) is 12.6. The van der Waals surface area contributed by atoms with Crippen molar-refractivity contribution in [2.75, 3.05) is 0 Å². The molecule has 17 heavy (non-hydrogen) atoms. The van der Waals surface area contributed by atoms with E-state index in [-0.39, 0.29) is 11.9 Å².